The van der Waals surface area contributed by atoms with Crippen molar-refractivity contribution in [2.24, 2.45) is 0 Å². The van der Waals surface area contributed by atoms with Gasteiger partial charge >= 0.3 is 0 Å². The molecule has 0 radical (unpaired) electrons. The number of hydrogen-bond donors (Lipinski definition) is 2. The van der Waals surface area contributed by atoms with Crippen molar-refractivity contribution < 1.29 is 9.18 Å². The number of benzene rings is 2. The van der Waals surface area contributed by atoms with E-state index in [1.165, 1.54) is 12.1 Å². The van der Waals surface area contributed by atoms with E-state index in [1.54, 1.807) is 6.07 Å². The summed E-state index contributed by atoms with van der Waals surface area (Å²) in [6.45, 7) is 8.26. The predicted molar refractivity (Wildman–Crippen MR) is 120 cm³/mol. The molecule has 0 bridgehead atoms. The van der Waals surface area contributed by atoms with Crippen molar-refractivity contribution in [3.8, 4) is 0 Å². The monoisotopic (exact) mass is 431 g/mol. The lowest BCUT2D eigenvalue weighted by atomic mass is 9.93. The van der Waals surface area contributed by atoms with Crippen LogP contribution in [0.15, 0.2) is 47.7 Å². The molecule has 1 amide bonds. The Hall–Kier alpha value is -2.44. The van der Waals surface area contributed by atoms with E-state index in [9.17, 15) is 9.18 Å². The average molecular weight is 432 g/mol. The number of thiocarbonyl (C=S) groups is 1. The molecule has 29 heavy (non-hydrogen) atoms. The van der Waals surface area contributed by atoms with Crippen molar-refractivity contribution in [1.29, 1.82) is 0 Å². The second-order valence-electron chi connectivity index (χ2n) is 7.03. The minimum Gasteiger partial charge on any atom is -0.351 e. The predicted octanol–water partition coefficient (Wildman–Crippen LogP) is 5.26. The Balaban J connectivity index is 2.10. The highest BCUT2D eigenvalue weighted by molar-refractivity contribution is 7.80. The summed E-state index contributed by atoms with van der Waals surface area (Å²) < 4.78 is 14.7. The molecule has 0 aromatic heterocycles. The quantitative estimate of drug-likeness (QED) is 0.648. The second kappa shape index (κ2) is 8.51. The summed E-state index contributed by atoms with van der Waals surface area (Å²) in [5, 5.41) is 6.73. The highest BCUT2D eigenvalue weighted by Crippen LogP contribution is 2.36. The molecule has 2 N–H and O–H groups in total. The molecule has 0 saturated carbocycles. The Morgan fingerprint density at radius 1 is 1.28 bits per heavy atom. The maximum atomic E-state index is 14.7. The van der Waals surface area contributed by atoms with Crippen molar-refractivity contribution in [1.82, 2.24) is 10.2 Å². The minimum absolute atomic E-state index is 0.206. The van der Waals surface area contributed by atoms with Gasteiger partial charge in [0, 0.05) is 28.5 Å². The van der Waals surface area contributed by atoms with Gasteiger partial charge in [0.2, 0.25) is 0 Å². The van der Waals surface area contributed by atoms with Gasteiger partial charge in [0.05, 0.1) is 11.6 Å². The zero-order chi connectivity index (χ0) is 21.3. The van der Waals surface area contributed by atoms with Gasteiger partial charge in [-0.1, -0.05) is 35.4 Å². The first-order chi connectivity index (χ1) is 13.7. The van der Waals surface area contributed by atoms with Crippen LogP contribution in [0.25, 0.3) is 0 Å². The van der Waals surface area contributed by atoms with E-state index in [0.29, 0.717) is 28.6 Å². The third-order valence-corrected chi connectivity index (χ3v) is 5.74. The van der Waals surface area contributed by atoms with Crippen molar-refractivity contribution >= 4 is 40.5 Å². The van der Waals surface area contributed by atoms with E-state index < -0.39 is 11.9 Å². The number of nitrogens with zero attached hydrogens (tertiary/aromatic N) is 1. The van der Waals surface area contributed by atoms with Gasteiger partial charge in [-0.15, -0.1) is 0 Å². The third-order valence-electron chi connectivity index (χ3n) is 5.08. The largest absolute Gasteiger partial charge is 0.351 e. The van der Waals surface area contributed by atoms with Gasteiger partial charge < -0.3 is 15.5 Å². The fraction of sp³-hybridized carbons (Fsp3) is 0.273. The third kappa shape index (κ3) is 4.14. The number of anilines is 1. The Bertz CT molecular complexity index is 1000. The minimum atomic E-state index is -0.787. The molecule has 7 heteroatoms. The second-order valence-corrected chi connectivity index (χ2v) is 7.83. The van der Waals surface area contributed by atoms with Gasteiger partial charge in [0.1, 0.15) is 5.82 Å². The number of carbonyl (C=O) groups is 1. The van der Waals surface area contributed by atoms with Crippen LogP contribution in [0.5, 0.6) is 0 Å². The van der Waals surface area contributed by atoms with Crippen molar-refractivity contribution in [3.63, 3.8) is 0 Å². The topological polar surface area (TPSA) is 44.4 Å². The fourth-order valence-corrected chi connectivity index (χ4v) is 4.26. The molecular formula is C22H23ClFN3OS. The van der Waals surface area contributed by atoms with Gasteiger partial charge in [-0.3, -0.25) is 4.79 Å². The molecule has 0 spiro atoms. The summed E-state index contributed by atoms with van der Waals surface area (Å²) >= 11 is 11.8. The van der Waals surface area contributed by atoms with Gasteiger partial charge in [-0.25, -0.2) is 4.39 Å². The van der Waals surface area contributed by atoms with Crippen LogP contribution in [-0.2, 0) is 4.79 Å². The number of amides is 1. The molecule has 0 fully saturated rings. The standard InChI is InChI=1S/C22H23ClFN3OS/c1-5-27-14(4)18(21(28)25-17-10-9-12(2)11-13(17)3)20(26-22(27)29)19-15(23)7-6-8-16(19)24/h6-11,20H,5H2,1-4H3,(H,25,28)(H,26,29)/t20-/m0/s1. The van der Waals surface area contributed by atoms with E-state index in [1.807, 2.05) is 50.8 Å². The zero-order valence-electron chi connectivity index (χ0n) is 16.8. The van der Waals surface area contributed by atoms with Crippen molar-refractivity contribution in [2.45, 2.75) is 33.7 Å². The van der Waals surface area contributed by atoms with Gasteiger partial charge in [-0.2, -0.15) is 0 Å². The van der Waals surface area contributed by atoms with Crippen LogP contribution in [0.3, 0.4) is 0 Å². The van der Waals surface area contributed by atoms with Crippen molar-refractivity contribution in [2.75, 3.05) is 11.9 Å². The first kappa shape index (κ1) is 21.3. The van der Waals surface area contributed by atoms with Crippen LogP contribution in [-0.4, -0.2) is 22.5 Å². The number of nitrogens with one attached hydrogen (secondary N) is 2. The lowest BCUT2D eigenvalue weighted by molar-refractivity contribution is -0.113. The van der Waals surface area contributed by atoms with Crippen LogP contribution < -0.4 is 10.6 Å². The Labute approximate surface area is 180 Å². The maximum absolute atomic E-state index is 14.7. The van der Waals surface area contributed by atoms with E-state index in [0.717, 1.165) is 11.1 Å². The van der Waals surface area contributed by atoms with Crippen LogP contribution in [0, 0.1) is 19.7 Å². The summed E-state index contributed by atoms with van der Waals surface area (Å²) in [6, 6.07) is 9.47. The first-order valence-electron chi connectivity index (χ1n) is 9.35. The lowest BCUT2D eigenvalue weighted by Crippen LogP contribution is -2.48. The van der Waals surface area contributed by atoms with E-state index in [4.69, 9.17) is 23.8 Å². The van der Waals surface area contributed by atoms with Gasteiger partial charge in [0.25, 0.3) is 5.91 Å². The molecule has 1 aliphatic heterocycles. The first-order valence-corrected chi connectivity index (χ1v) is 10.1. The number of carbonyl (C=O) groups excluding carboxylic acids is 1. The maximum Gasteiger partial charge on any atom is 0.255 e. The molecule has 2 aromatic carbocycles. The molecule has 0 unspecified atom stereocenters. The van der Waals surface area contributed by atoms with E-state index in [-0.39, 0.29) is 16.5 Å². The van der Waals surface area contributed by atoms with Crippen LogP contribution in [0.1, 0.15) is 36.6 Å². The molecule has 3 rings (SSSR count). The number of hydrogen-bond acceptors (Lipinski definition) is 2. The Morgan fingerprint density at radius 2 is 2.00 bits per heavy atom. The lowest BCUT2D eigenvalue weighted by Gasteiger charge is -2.37. The highest BCUT2D eigenvalue weighted by Gasteiger charge is 2.36. The molecule has 4 nitrogen and oxygen atoms in total. The highest BCUT2D eigenvalue weighted by atomic mass is 35.5. The molecule has 2 aromatic rings. The summed E-state index contributed by atoms with van der Waals surface area (Å²) in [4.78, 5) is 15.2. The summed E-state index contributed by atoms with van der Waals surface area (Å²) in [7, 11) is 0. The number of allylic oxidation sites excluding steroid dienone is 1. The molecule has 1 aliphatic rings. The summed E-state index contributed by atoms with van der Waals surface area (Å²) in [5.74, 6) is -0.820. The summed E-state index contributed by atoms with van der Waals surface area (Å²) in [6.07, 6.45) is 0. The smallest absolute Gasteiger partial charge is 0.255 e. The van der Waals surface area contributed by atoms with Crippen LogP contribution >= 0.6 is 23.8 Å². The van der Waals surface area contributed by atoms with E-state index >= 15 is 0 Å². The number of aryl methyl sites for hydroxylation is 2. The zero-order valence-corrected chi connectivity index (χ0v) is 18.3. The Morgan fingerprint density at radius 3 is 2.62 bits per heavy atom. The number of rotatable bonds is 4. The molecular weight excluding hydrogens is 409 g/mol. The summed E-state index contributed by atoms with van der Waals surface area (Å²) in [5.41, 5.74) is 4.01. The number of halogens is 2. The normalized spacial score (nSPS) is 16.7. The van der Waals surface area contributed by atoms with E-state index in [2.05, 4.69) is 10.6 Å². The van der Waals surface area contributed by atoms with Gasteiger partial charge in [0.15, 0.2) is 5.11 Å². The molecule has 0 aliphatic carbocycles. The SMILES string of the molecule is CCN1C(=S)N[C@H](c2c(F)cccc2Cl)C(C(=O)Nc2ccc(C)cc2C)=C1C. The van der Waals surface area contributed by atoms with Crippen LogP contribution in [0.2, 0.25) is 5.02 Å². The van der Waals surface area contributed by atoms with Crippen molar-refractivity contribution in [3.05, 3.63) is 75.2 Å². The fourth-order valence-electron chi connectivity index (χ4n) is 3.60. The average Bonchev–Trinajstić information content (AvgIpc) is 2.64. The molecule has 152 valence electrons. The van der Waals surface area contributed by atoms with Gasteiger partial charge in [-0.05, 0) is 63.7 Å². The molecule has 1 atom stereocenters. The van der Waals surface area contributed by atoms with Crippen LogP contribution in [0.4, 0.5) is 10.1 Å². The molecule has 1 heterocycles. The Kier molecular flexibility index (Phi) is 6.24. The molecule has 0 saturated heterocycles.